The van der Waals surface area contributed by atoms with Crippen LogP contribution in [0.25, 0.3) is 0 Å². The summed E-state index contributed by atoms with van der Waals surface area (Å²) in [5.41, 5.74) is -2.16. The zero-order valence-corrected chi connectivity index (χ0v) is 23.0. The first-order valence-corrected chi connectivity index (χ1v) is 14.9. The lowest BCUT2D eigenvalue weighted by atomic mass is 9.44. The van der Waals surface area contributed by atoms with E-state index in [0.717, 1.165) is 18.2 Å². The highest BCUT2D eigenvalue weighted by molar-refractivity contribution is 7.86. The van der Waals surface area contributed by atoms with Crippen molar-refractivity contribution in [2.24, 2.45) is 34.5 Å². The lowest BCUT2D eigenvalue weighted by molar-refractivity contribution is -0.184. The number of hydrogen-bond donors (Lipinski definition) is 1. The van der Waals surface area contributed by atoms with Crippen LogP contribution >= 0.6 is 0 Å². The van der Waals surface area contributed by atoms with Crippen LogP contribution in [0.15, 0.2) is 23.8 Å². The zero-order valence-electron chi connectivity index (χ0n) is 22.2. The first kappa shape index (κ1) is 28.0. The molecule has 3 fully saturated rings. The minimum atomic E-state index is -3.91. The van der Waals surface area contributed by atoms with E-state index in [1.807, 2.05) is 19.9 Å². The first-order chi connectivity index (χ1) is 17.2. The van der Waals surface area contributed by atoms with Crippen molar-refractivity contribution in [3.05, 3.63) is 23.8 Å². The van der Waals surface area contributed by atoms with Crippen molar-refractivity contribution in [1.82, 2.24) is 0 Å². The molecule has 1 unspecified atom stereocenters. The van der Waals surface area contributed by atoms with Gasteiger partial charge in [0, 0.05) is 16.7 Å². The third-order valence-electron chi connectivity index (χ3n) is 9.47. The molecule has 0 radical (unpaired) electrons. The van der Waals surface area contributed by atoms with Crippen LogP contribution in [0, 0.1) is 34.5 Å². The maximum absolute atomic E-state index is 13.7. The lowest BCUT2D eigenvalue weighted by Crippen LogP contribution is -2.63. The molecule has 8 atom stereocenters. The number of Topliss-reactive ketones (excluding diaryl/α,β-unsaturated/α-hetero) is 1. The molecule has 0 bridgehead atoms. The SMILES string of the molecule is CCCOC(=O)O[C@]1(C(=O)COS(C)(=O)=O)CC[C@H]2[C@@H]3C[C@H](C)C4=CC(=O)C=C[C@]4(C)[C@H]3C(O)C[C@@]21C. The Balaban J connectivity index is 1.74. The highest BCUT2D eigenvalue weighted by Gasteiger charge is 2.71. The van der Waals surface area contributed by atoms with Crippen LogP contribution in [-0.2, 0) is 33.4 Å². The molecule has 0 aromatic carbocycles. The van der Waals surface area contributed by atoms with Gasteiger partial charge in [-0.05, 0) is 62.0 Å². The third-order valence-corrected chi connectivity index (χ3v) is 10.0. The second kappa shape index (κ2) is 9.61. The van der Waals surface area contributed by atoms with E-state index in [0.29, 0.717) is 12.8 Å². The summed E-state index contributed by atoms with van der Waals surface area (Å²) in [5.74, 6) is -0.894. The van der Waals surface area contributed by atoms with E-state index in [2.05, 4.69) is 13.8 Å². The highest BCUT2D eigenvalue weighted by atomic mass is 32.2. The summed E-state index contributed by atoms with van der Waals surface area (Å²) in [5, 5.41) is 11.7. The molecule has 206 valence electrons. The maximum atomic E-state index is 13.7. The summed E-state index contributed by atoms with van der Waals surface area (Å²) in [6.45, 7) is 7.18. The standard InChI is InChI=1S/C27H38O9S/c1-6-11-34-24(31)36-27(22(30)15-35-37(5,32)33)10-8-19-18-12-16(2)20-13-17(28)7-9-25(20,3)23(18)21(29)14-26(19,27)4/h7,9,13,16,18-19,21,23,29H,6,8,10-12,14-15H2,1-5H3/t16-,18-,19-,21?,23+,25-,26-,27-/m0/s1. The monoisotopic (exact) mass is 538 g/mol. The van der Waals surface area contributed by atoms with E-state index < -0.39 is 51.2 Å². The van der Waals surface area contributed by atoms with Crippen molar-refractivity contribution in [3.63, 3.8) is 0 Å². The van der Waals surface area contributed by atoms with Crippen LogP contribution in [-0.4, -0.2) is 62.4 Å². The van der Waals surface area contributed by atoms with Gasteiger partial charge in [-0.25, -0.2) is 4.79 Å². The Bertz CT molecular complexity index is 1140. The van der Waals surface area contributed by atoms with Gasteiger partial charge in [-0.15, -0.1) is 0 Å². The fourth-order valence-electron chi connectivity index (χ4n) is 8.05. The number of ether oxygens (including phenoxy) is 2. The van der Waals surface area contributed by atoms with Crippen LogP contribution < -0.4 is 0 Å². The van der Waals surface area contributed by atoms with Gasteiger partial charge < -0.3 is 14.6 Å². The number of carbonyl (C=O) groups is 3. The molecule has 0 aliphatic heterocycles. The number of fused-ring (bicyclic) bond motifs is 5. The molecular weight excluding hydrogens is 500 g/mol. The lowest BCUT2D eigenvalue weighted by Gasteiger charge is -2.61. The fraction of sp³-hybridized carbons (Fsp3) is 0.741. The molecule has 0 aromatic rings. The second-order valence-electron chi connectivity index (χ2n) is 11.7. The van der Waals surface area contributed by atoms with E-state index in [1.165, 1.54) is 0 Å². The number of ketones is 2. The third kappa shape index (κ3) is 4.59. The molecule has 4 aliphatic rings. The van der Waals surface area contributed by atoms with Crippen molar-refractivity contribution in [2.75, 3.05) is 19.5 Å². The van der Waals surface area contributed by atoms with Gasteiger partial charge in [0.25, 0.3) is 10.1 Å². The molecule has 37 heavy (non-hydrogen) atoms. The number of rotatable bonds is 7. The predicted molar refractivity (Wildman–Crippen MR) is 134 cm³/mol. The molecule has 10 heteroatoms. The molecule has 4 rings (SSSR count). The number of aliphatic hydroxyl groups is 1. The molecule has 3 saturated carbocycles. The molecule has 0 saturated heterocycles. The van der Waals surface area contributed by atoms with E-state index in [4.69, 9.17) is 13.7 Å². The smallest absolute Gasteiger partial charge is 0.434 e. The maximum Gasteiger partial charge on any atom is 0.509 e. The van der Waals surface area contributed by atoms with Gasteiger partial charge in [-0.3, -0.25) is 13.8 Å². The quantitative estimate of drug-likeness (QED) is 0.382. The van der Waals surface area contributed by atoms with E-state index >= 15 is 0 Å². The predicted octanol–water partition coefficient (Wildman–Crippen LogP) is 3.36. The van der Waals surface area contributed by atoms with Gasteiger partial charge in [-0.2, -0.15) is 8.42 Å². The molecule has 1 N–H and O–H groups in total. The molecule has 0 heterocycles. The molecule has 0 amide bonds. The number of allylic oxidation sites excluding steroid dienone is 4. The summed E-state index contributed by atoms with van der Waals surface area (Å²) < 4.78 is 39.2. The summed E-state index contributed by atoms with van der Waals surface area (Å²) in [6, 6.07) is 0. The van der Waals surface area contributed by atoms with Crippen molar-refractivity contribution in [3.8, 4) is 0 Å². The van der Waals surface area contributed by atoms with Crippen LogP contribution in [0.4, 0.5) is 4.79 Å². The molecule has 0 spiro atoms. The van der Waals surface area contributed by atoms with Crippen LogP contribution in [0.3, 0.4) is 0 Å². The van der Waals surface area contributed by atoms with Crippen LogP contribution in [0.5, 0.6) is 0 Å². The Hall–Kier alpha value is -2.04. The topological polar surface area (TPSA) is 133 Å². The summed E-state index contributed by atoms with van der Waals surface area (Å²) in [4.78, 5) is 38.6. The number of hydrogen-bond acceptors (Lipinski definition) is 9. The number of aliphatic hydroxyl groups excluding tert-OH is 1. The molecule has 9 nitrogen and oxygen atoms in total. The molecular formula is C27H38O9S. The van der Waals surface area contributed by atoms with Crippen molar-refractivity contribution in [2.45, 2.75) is 71.5 Å². The minimum Gasteiger partial charge on any atom is -0.434 e. The summed E-state index contributed by atoms with van der Waals surface area (Å²) in [6.07, 6.45) is 6.38. The first-order valence-electron chi connectivity index (χ1n) is 13.1. The second-order valence-corrected chi connectivity index (χ2v) is 13.3. The zero-order chi connectivity index (χ0) is 27.4. The van der Waals surface area contributed by atoms with Gasteiger partial charge in [0.2, 0.25) is 5.78 Å². The van der Waals surface area contributed by atoms with E-state index in [-0.39, 0.29) is 48.9 Å². The Kier molecular flexibility index (Phi) is 7.27. The average Bonchev–Trinajstić information content (AvgIpc) is 3.09. The van der Waals surface area contributed by atoms with Crippen LogP contribution in [0.2, 0.25) is 0 Å². The normalized spacial score (nSPS) is 40.8. The van der Waals surface area contributed by atoms with E-state index in [1.54, 1.807) is 12.2 Å². The number of carbonyl (C=O) groups excluding carboxylic acids is 3. The van der Waals surface area contributed by atoms with Gasteiger partial charge >= 0.3 is 6.16 Å². The molecule has 4 aliphatic carbocycles. The van der Waals surface area contributed by atoms with E-state index in [9.17, 15) is 27.9 Å². The van der Waals surface area contributed by atoms with Crippen LogP contribution in [0.1, 0.15) is 59.8 Å². The van der Waals surface area contributed by atoms with Gasteiger partial charge in [0.05, 0.1) is 19.0 Å². The van der Waals surface area contributed by atoms with Gasteiger partial charge in [0.1, 0.15) is 6.61 Å². The van der Waals surface area contributed by atoms with Crippen molar-refractivity contribution < 1.29 is 41.6 Å². The Morgan fingerprint density at radius 1 is 1.24 bits per heavy atom. The summed E-state index contributed by atoms with van der Waals surface area (Å²) >= 11 is 0. The fourth-order valence-corrected chi connectivity index (χ4v) is 8.38. The molecule has 0 aromatic heterocycles. The largest absolute Gasteiger partial charge is 0.509 e. The van der Waals surface area contributed by atoms with Gasteiger partial charge in [0.15, 0.2) is 11.4 Å². The van der Waals surface area contributed by atoms with Gasteiger partial charge in [-0.1, -0.05) is 39.3 Å². The van der Waals surface area contributed by atoms with Crippen molar-refractivity contribution >= 4 is 27.8 Å². The highest BCUT2D eigenvalue weighted by Crippen LogP contribution is 2.68. The summed E-state index contributed by atoms with van der Waals surface area (Å²) in [7, 11) is -3.91. The average molecular weight is 539 g/mol. The Labute approximate surface area is 218 Å². The Morgan fingerprint density at radius 3 is 2.59 bits per heavy atom. The van der Waals surface area contributed by atoms with Crippen molar-refractivity contribution in [1.29, 1.82) is 0 Å². The minimum absolute atomic E-state index is 0.00971. The Morgan fingerprint density at radius 2 is 1.95 bits per heavy atom.